The molecule has 3 aromatic rings. The monoisotopic (exact) mass is 370 g/mol. The predicted molar refractivity (Wildman–Crippen MR) is 99.9 cm³/mol. The molecule has 0 unspecified atom stereocenters. The van der Waals surface area contributed by atoms with Crippen molar-refractivity contribution in [2.75, 3.05) is 10.6 Å². The van der Waals surface area contributed by atoms with Crippen molar-refractivity contribution in [1.82, 2.24) is 10.2 Å². The number of carbonyl (C=O) groups is 1. The first kappa shape index (κ1) is 17.8. The number of hydrogen-bond acceptors (Lipinski definition) is 4. The van der Waals surface area contributed by atoms with E-state index < -0.39 is 11.7 Å². The van der Waals surface area contributed by atoms with Gasteiger partial charge in [0, 0.05) is 6.54 Å². The molecule has 0 atom stereocenters. The molecule has 7 heteroatoms. The van der Waals surface area contributed by atoms with Crippen LogP contribution in [0.5, 0.6) is 0 Å². The average molecular weight is 371 g/mol. The SMILES string of the molecule is Cc1cccc(CNc2ccc(NC(=O)c3c(F)cccc3Cl)nn2)c1. The quantitative estimate of drug-likeness (QED) is 0.696. The molecule has 0 spiro atoms. The highest BCUT2D eigenvalue weighted by atomic mass is 35.5. The molecule has 0 aliphatic rings. The fourth-order valence-electron chi connectivity index (χ4n) is 2.40. The zero-order chi connectivity index (χ0) is 18.5. The standard InChI is InChI=1S/C19H16ClFN4O/c1-12-4-2-5-13(10-12)11-22-16-8-9-17(25-24-16)23-19(26)18-14(20)6-3-7-15(18)21/h2-10H,11H2,1H3,(H,22,24)(H,23,25,26). The second kappa shape index (κ2) is 7.93. The molecular weight excluding hydrogens is 355 g/mol. The van der Waals surface area contributed by atoms with Gasteiger partial charge in [-0.3, -0.25) is 4.79 Å². The van der Waals surface area contributed by atoms with E-state index in [-0.39, 0.29) is 16.4 Å². The Labute approximate surface area is 155 Å². The summed E-state index contributed by atoms with van der Waals surface area (Å²) in [7, 11) is 0. The summed E-state index contributed by atoms with van der Waals surface area (Å²) in [5.41, 5.74) is 2.08. The Morgan fingerprint density at radius 2 is 1.81 bits per heavy atom. The Balaban J connectivity index is 1.63. The Bertz CT molecular complexity index is 911. The van der Waals surface area contributed by atoms with Gasteiger partial charge in [0.05, 0.1) is 10.6 Å². The van der Waals surface area contributed by atoms with Gasteiger partial charge in [0.25, 0.3) is 5.91 Å². The maximum atomic E-state index is 13.8. The minimum absolute atomic E-state index is 0.0342. The van der Waals surface area contributed by atoms with Gasteiger partial charge in [0.2, 0.25) is 0 Å². The summed E-state index contributed by atoms with van der Waals surface area (Å²) < 4.78 is 13.8. The Morgan fingerprint density at radius 1 is 1.08 bits per heavy atom. The van der Waals surface area contributed by atoms with Gasteiger partial charge >= 0.3 is 0 Å². The van der Waals surface area contributed by atoms with Crippen LogP contribution in [-0.2, 0) is 6.54 Å². The maximum absolute atomic E-state index is 13.8. The lowest BCUT2D eigenvalue weighted by Gasteiger charge is -2.08. The number of aromatic nitrogens is 2. The number of nitrogens with zero attached hydrogens (tertiary/aromatic N) is 2. The van der Waals surface area contributed by atoms with Crippen LogP contribution < -0.4 is 10.6 Å². The predicted octanol–water partition coefficient (Wildman–Crippen LogP) is 4.44. The molecule has 0 saturated carbocycles. The fourth-order valence-corrected chi connectivity index (χ4v) is 2.65. The van der Waals surface area contributed by atoms with Crippen LogP contribution in [0.15, 0.2) is 54.6 Å². The van der Waals surface area contributed by atoms with Crippen molar-refractivity contribution in [3.8, 4) is 0 Å². The van der Waals surface area contributed by atoms with Crippen LogP contribution in [0.3, 0.4) is 0 Å². The number of aryl methyl sites for hydroxylation is 1. The molecule has 26 heavy (non-hydrogen) atoms. The Kier molecular flexibility index (Phi) is 5.43. The highest BCUT2D eigenvalue weighted by molar-refractivity contribution is 6.34. The molecule has 0 radical (unpaired) electrons. The van der Waals surface area contributed by atoms with Crippen molar-refractivity contribution in [1.29, 1.82) is 0 Å². The zero-order valence-electron chi connectivity index (χ0n) is 14.0. The second-order valence-corrected chi connectivity index (χ2v) is 6.10. The lowest BCUT2D eigenvalue weighted by molar-refractivity contribution is 0.102. The van der Waals surface area contributed by atoms with E-state index in [2.05, 4.69) is 26.9 Å². The van der Waals surface area contributed by atoms with Crippen molar-refractivity contribution in [2.45, 2.75) is 13.5 Å². The van der Waals surface area contributed by atoms with Gasteiger partial charge in [-0.2, -0.15) is 0 Å². The summed E-state index contributed by atoms with van der Waals surface area (Å²) in [5, 5.41) is 13.6. The number of nitrogens with one attached hydrogen (secondary N) is 2. The minimum Gasteiger partial charge on any atom is -0.365 e. The molecule has 1 heterocycles. The van der Waals surface area contributed by atoms with E-state index in [0.29, 0.717) is 12.4 Å². The normalized spacial score (nSPS) is 10.4. The molecule has 0 saturated heterocycles. The average Bonchev–Trinajstić information content (AvgIpc) is 2.61. The van der Waals surface area contributed by atoms with Crippen LogP contribution in [0.2, 0.25) is 5.02 Å². The van der Waals surface area contributed by atoms with E-state index in [1.54, 1.807) is 12.1 Å². The lowest BCUT2D eigenvalue weighted by Crippen LogP contribution is -2.16. The Hall–Kier alpha value is -2.99. The molecule has 0 fully saturated rings. The first-order valence-electron chi connectivity index (χ1n) is 7.91. The van der Waals surface area contributed by atoms with Gasteiger partial charge < -0.3 is 10.6 Å². The number of amides is 1. The lowest BCUT2D eigenvalue weighted by atomic mass is 10.1. The summed E-state index contributed by atoms with van der Waals surface area (Å²) >= 11 is 5.88. The number of carbonyl (C=O) groups excluding carboxylic acids is 1. The molecule has 2 N–H and O–H groups in total. The van der Waals surface area contributed by atoms with E-state index in [1.165, 1.54) is 23.8 Å². The van der Waals surface area contributed by atoms with E-state index in [1.807, 2.05) is 25.1 Å². The fraction of sp³-hybridized carbons (Fsp3) is 0.105. The summed E-state index contributed by atoms with van der Waals surface area (Å²) in [6, 6.07) is 15.4. The van der Waals surface area contributed by atoms with Gasteiger partial charge in [0.15, 0.2) is 5.82 Å². The molecular formula is C19H16ClFN4O. The summed E-state index contributed by atoms with van der Waals surface area (Å²) in [6.07, 6.45) is 0. The van der Waals surface area contributed by atoms with Crippen LogP contribution >= 0.6 is 11.6 Å². The first-order chi connectivity index (χ1) is 12.5. The van der Waals surface area contributed by atoms with Crippen molar-refractivity contribution in [3.63, 3.8) is 0 Å². The van der Waals surface area contributed by atoms with Crippen LogP contribution in [0.1, 0.15) is 21.5 Å². The molecule has 0 bridgehead atoms. The number of hydrogen-bond donors (Lipinski definition) is 2. The largest absolute Gasteiger partial charge is 0.365 e. The van der Waals surface area contributed by atoms with Crippen molar-refractivity contribution in [3.05, 3.63) is 82.1 Å². The van der Waals surface area contributed by atoms with E-state index in [0.717, 1.165) is 5.56 Å². The molecule has 3 rings (SSSR count). The number of anilines is 2. The second-order valence-electron chi connectivity index (χ2n) is 5.70. The van der Waals surface area contributed by atoms with Crippen molar-refractivity contribution in [2.24, 2.45) is 0 Å². The topological polar surface area (TPSA) is 66.9 Å². The van der Waals surface area contributed by atoms with Crippen molar-refractivity contribution >= 4 is 29.1 Å². The van der Waals surface area contributed by atoms with Crippen LogP contribution in [0.25, 0.3) is 0 Å². The number of rotatable bonds is 5. The summed E-state index contributed by atoms with van der Waals surface area (Å²) in [6.45, 7) is 2.63. The van der Waals surface area contributed by atoms with E-state index in [4.69, 9.17) is 11.6 Å². The molecule has 132 valence electrons. The van der Waals surface area contributed by atoms with Gasteiger partial charge in [-0.15, -0.1) is 10.2 Å². The van der Waals surface area contributed by atoms with Gasteiger partial charge in [-0.25, -0.2) is 4.39 Å². The molecule has 1 aromatic heterocycles. The maximum Gasteiger partial charge on any atom is 0.261 e. The van der Waals surface area contributed by atoms with Crippen LogP contribution in [-0.4, -0.2) is 16.1 Å². The van der Waals surface area contributed by atoms with Gasteiger partial charge in [-0.05, 0) is 36.8 Å². The van der Waals surface area contributed by atoms with E-state index >= 15 is 0 Å². The highest BCUT2D eigenvalue weighted by Gasteiger charge is 2.16. The molecule has 0 aliphatic heterocycles. The van der Waals surface area contributed by atoms with E-state index in [9.17, 15) is 9.18 Å². The highest BCUT2D eigenvalue weighted by Crippen LogP contribution is 2.20. The number of benzene rings is 2. The third-order valence-electron chi connectivity index (χ3n) is 3.65. The Morgan fingerprint density at radius 3 is 2.50 bits per heavy atom. The molecule has 0 aliphatic carbocycles. The third-order valence-corrected chi connectivity index (χ3v) is 3.97. The minimum atomic E-state index is -0.695. The van der Waals surface area contributed by atoms with Crippen LogP contribution in [0, 0.1) is 12.7 Å². The summed E-state index contributed by atoms with van der Waals surface area (Å²) in [5.74, 6) is -0.605. The number of halogens is 2. The molecule has 1 amide bonds. The van der Waals surface area contributed by atoms with Gasteiger partial charge in [0.1, 0.15) is 11.6 Å². The van der Waals surface area contributed by atoms with Crippen LogP contribution in [0.4, 0.5) is 16.0 Å². The van der Waals surface area contributed by atoms with Gasteiger partial charge in [-0.1, -0.05) is 47.5 Å². The first-order valence-corrected chi connectivity index (χ1v) is 8.29. The van der Waals surface area contributed by atoms with Crippen molar-refractivity contribution < 1.29 is 9.18 Å². The smallest absolute Gasteiger partial charge is 0.261 e. The molecule has 5 nitrogen and oxygen atoms in total. The summed E-state index contributed by atoms with van der Waals surface area (Å²) in [4.78, 5) is 12.2. The zero-order valence-corrected chi connectivity index (χ0v) is 14.7. The molecule has 2 aromatic carbocycles. The third kappa shape index (κ3) is 4.34.